The van der Waals surface area contributed by atoms with Crippen molar-refractivity contribution in [3.8, 4) is 0 Å². The Kier molecular flexibility index (Phi) is 6.77. The van der Waals surface area contributed by atoms with Gasteiger partial charge in [-0.05, 0) is 12.5 Å². The van der Waals surface area contributed by atoms with Crippen LogP contribution in [-0.2, 0) is 11.3 Å². The van der Waals surface area contributed by atoms with Gasteiger partial charge in [-0.1, -0.05) is 36.8 Å². The van der Waals surface area contributed by atoms with Crippen molar-refractivity contribution in [2.24, 2.45) is 11.7 Å². The van der Waals surface area contributed by atoms with E-state index in [4.69, 9.17) is 5.73 Å². The molecule has 0 heterocycles. The molecule has 0 spiro atoms. The summed E-state index contributed by atoms with van der Waals surface area (Å²) in [5, 5.41) is 2.85. The first-order chi connectivity index (χ1) is 7.13. The Hall–Kier alpha value is -1.06. The first-order valence-corrected chi connectivity index (χ1v) is 5.17. The molecule has 16 heavy (non-hydrogen) atoms. The SMILES string of the molecule is Cc1ccc(CNC(=O)C(C)CN)cc1.Cl. The fourth-order valence-corrected chi connectivity index (χ4v) is 1.18. The van der Waals surface area contributed by atoms with E-state index in [1.165, 1.54) is 5.56 Å². The lowest BCUT2D eigenvalue weighted by Gasteiger charge is -2.09. The summed E-state index contributed by atoms with van der Waals surface area (Å²) < 4.78 is 0. The van der Waals surface area contributed by atoms with Crippen molar-refractivity contribution in [2.45, 2.75) is 20.4 Å². The third kappa shape index (κ3) is 4.64. The molecule has 0 bridgehead atoms. The second-order valence-corrected chi connectivity index (χ2v) is 3.84. The third-order valence-corrected chi connectivity index (χ3v) is 2.39. The number of amides is 1. The van der Waals surface area contributed by atoms with Crippen LogP contribution in [0.1, 0.15) is 18.1 Å². The molecule has 0 saturated heterocycles. The predicted octanol–water partition coefficient (Wildman–Crippen LogP) is 1.63. The van der Waals surface area contributed by atoms with Gasteiger partial charge in [0.05, 0.1) is 0 Å². The van der Waals surface area contributed by atoms with Gasteiger partial charge in [0.2, 0.25) is 5.91 Å². The number of carbonyl (C=O) groups excluding carboxylic acids is 1. The average molecular weight is 243 g/mol. The number of aryl methyl sites for hydroxylation is 1. The van der Waals surface area contributed by atoms with Crippen LogP contribution in [-0.4, -0.2) is 12.5 Å². The molecule has 0 radical (unpaired) electrons. The summed E-state index contributed by atoms with van der Waals surface area (Å²) in [5.74, 6) is -0.103. The van der Waals surface area contributed by atoms with Gasteiger partial charge in [0, 0.05) is 19.0 Å². The molecule has 90 valence electrons. The maximum Gasteiger partial charge on any atom is 0.224 e. The molecule has 0 aliphatic heterocycles. The number of carbonyl (C=O) groups is 1. The van der Waals surface area contributed by atoms with E-state index < -0.39 is 0 Å². The van der Waals surface area contributed by atoms with Crippen molar-refractivity contribution in [3.05, 3.63) is 35.4 Å². The lowest BCUT2D eigenvalue weighted by Crippen LogP contribution is -2.32. The molecule has 3 N–H and O–H groups in total. The number of benzene rings is 1. The van der Waals surface area contributed by atoms with Gasteiger partial charge in [0.15, 0.2) is 0 Å². The molecule has 1 aromatic rings. The summed E-state index contributed by atoms with van der Waals surface area (Å²) >= 11 is 0. The number of nitrogens with two attached hydrogens (primary N) is 1. The molecule has 0 aliphatic carbocycles. The van der Waals surface area contributed by atoms with Crippen LogP contribution in [0, 0.1) is 12.8 Å². The van der Waals surface area contributed by atoms with Gasteiger partial charge < -0.3 is 11.1 Å². The molecule has 0 aliphatic rings. The van der Waals surface area contributed by atoms with Crippen molar-refractivity contribution in [2.75, 3.05) is 6.54 Å². The number of hydrogen-bond donors (Lipinski definition) is 2. The smallest absolute Gasteiger partial charge is 0.224 e. The molecular formula is C12H19ClN2O. The molecular weight excluding hydrogens is 224 g/mol. The summed E-state index contributed by atoms with van der Waals surface area (Å²) in [6.07, 6.45) is 0. The van der Waals surface area contributed by atoms with Gasteiger partial charge in [-0.3, -0.25) is 4.79 Å². The van der Waals surface area contributed by atoms with Crippen molar-refractivity contribution in [1.82, 2.24) is 5.32 Å². The van der Waals surface area contributed by atoms with Crippen LogP contribution in [0.3, 0.4) is 0 Å². The Morgan fingerprint density at radius 1 is 1.38 bits per heavy atom. The summed E-state index contributed by atoms with van der Waals surface area (Å²) in [6, 6.07) is 8.10. The predicted molar refractivity (Wildman–Crippen MR) is 68.5 cm³/mol. The molecule has 4 heteroatoms. The van der Waals surface area contributed by atoms with Crippen molar-refractivity contribution in [1.29, 1.82) is 0 Å². The van der Waals surface area contributed by atoms with Crippen LogP contribution in [0.2, 0.25) is 0 Å². The maximum absolute atomic E-state index is 11.4. The highest BCUT2D eigenvalue weighted by atomic mass is 35.5. The van der Waals surface area contributed by atoms with Gasteiger partial charge in [0.25, 0.3) is 0 Å². The van der Waals surface area contributed by atoms with E-state index in [1.54, 1.807) is 0 Å². The van der Waals surface area contributed by atoms with Crippen molar-refractivity contribution in [3.63, 3.8) is 0 Å². The highest BCUT2D eigenvalue weighted by molar-refractivity contribution is 5.85. The number of halogens is 1. The molecule has 1 amide bonds. The van der Waals surface area contributed by atoms with E-state index in [9.17, 15) is 4.79 Å². The van der Waals surface area contributed by atoms with Crippen LogP contribution in [0.4, 0.5) is 0 Å². The van der Waals surface area contributed by atoms with Crippen LogP contribution in [0.5, 0.6) is 0 Å². The van der Waals surface area contributed by atoms with Crippen LogP contribution in [0.25, 0.3) is 0 Å². The highest BCUT2D eigenvalue weighted by Crippen LogP contribution is 2.03. The van der Waals surface area contributed by atoms with E-state index in [0.29, 0.717) is 13.1 Å². The minimum absolute atomic E-state index is 0. The zero-order chi connectivity index (χ0) is 11.3. The zero-order valence-electron chi connectivity index (χ0n) is 9.69. The normalized spacial score (nSPS) is 11.4. The Labute approximate surface area is 103 Å². The molecule has 1 atom stereocenters. The maximum atomic E-state index is 11.4. The zero-order valence-corrected chi connectivity index (χ0v) is 10.5. The van der Waals surface area contributed by atoms with Gasteiger partial charge in [0.1, 0.15) is 0 Å². The number of nitrogens with one attached hydrogen (secondary N) is 1. The third-order valence-electron chi connectivity index (χ3n) is 2.39. The lowest BCUT2D eigenvalue weighted by molar-refractivity contribution is -0.124. The second-order valence-electron chi connectivity index (χ2n) is 3.84. The Morgan fingerprint density at radius 3 is 2.44 bits per heavy atom. The minimum atomic E-state index is -0.115. The Bertz CT molecular complexity index is 324. The summed E-state index contributed by atoms with van der Waals surface area (Å²) in [6.45, 7) is 4.83. The Balaban J connectivity index is 0.00000225. The van der Waals surface area contributed by atoms with E-state index >= 15 is 0 Å². The topological polar surface area (TPSA) is 55.1 Å². The summed E-state index contributed by atoms with van der Waals surface area (Å²) in [4.78, 5) is 11.4. The second kappa shape index (κ2) is 7.25. The van der Waals surface area contributed by atoms with Crippen LogP contribution in [0.15, 0.2) is 24.3 Å². The molecule has 1 rings (SSSR count). The van der Waals surface area contributed by atoms with Gasteiger partial charge in [-0.2, -0.15) is 0 Å². The largest absolute Gasteiger partial charge is 0.352 e. The van der Waals surface area contributed by atoms with E-state index in [0.717, 1.165) is 5.56 Å². The molecule has 0 aromatic heterocycles. The van der Waals surface area contributed by atoms with Crippen LogP contribution >= 0.6 is 12.4 Å². The minimum Gasteiger partial charge on any atom is -0.352 e. The Morgan fingerprint density at radius 2 is 1.94 bits per heavy atom. The molecule has 1 aromatic carbocycles. The van der Waals surface area contributed by atoms with E-state index in [2.05, 4.69) is 5.32 Å². The van der Waals surface area contributed by atoms with Gasteiger partial charge in [-0.15, -0.1) is 12.4 Å². The first-order valence-electron chi connectivity index (χ1n) is 5.17. The number of hydrogen-bond acceptors (Lipinski definition) is 2. The average Bonchev–Trinajstić information content (AvgIpc) is 2.26. The van der Waals surface area contributed by atoms with Crippen LogP contribution < -0.4 is 11.1 Å². The quantitative estimate of drug-likeness (QED) is 0.843. The monoisotopic (exact) mass is 242 g/mol. The van der Waals surface area contributed by atoms with Crippen molar-refractivity contribution >= 4 is 18.3 Å². The van der Waals surface area contributed by atoms with E-state index in [-0.39, 0.29) is 24.2 Å². The molecule has 3 nitrogen and oxygen atoms in total. The lowest BCUT2D eigenvalue weighted by atomic mass is 10.1. The summed E-state index contributed by atoms with van der Waals surface area (Å²) in [7, 11) is 0. The van der Waals surface area contributed by atoms with Gasteiger partial charge in [-0.25, -0.2) is 0 Å². The van der Waals surface area contributed by atoms with Crippen molar-refractivity contribution < 1.29 is 4.79 Å². The fraction of sp³-hybridized carbons (Fsp3) is 0.417. The molecule has 0 saturated carbocycles. The van der Waals surface area contributed by atoms with Gasteiger partial charge >= 0.3 is 0 Å². The van der Waals surface area contributed by atoms with E-state index in [1.807, 2.05) is 38.1 Å². The molecule has 1 unspecified atom stereocenters. The molecule has 0 fully saturated rings. The first kappa shape index (κ1) is 14.9. The summed E-state index contributed by atoms with van der Waals surface area (Å²) in [5.41, 5.74) is 7.73. The highest BCUT2D eigenvalue weighted by Gasteiger charge is 2.09. The number of rotatable bonds is 4. The fourth-order valence-electron chi connectivity index (χ4n) is 1.18. The standard InChI is InChI=1S/C12H18N2O.ClH/c1-9-3-5-11(6-4-9)8-14-12(15)10(2)7-13;/h3-6,10H,7-8,13H2,1-2H3,(H,14,15);1H.